The van der Waals surface area contributed by atoms with E-state index in [1.165, 1.54) is 18.2 Å². The summed E-state index contributed by atoms with van der Waals surface area (Å²) in [6.45, 7) is 1.91. The third kappa shape index (κ3) is 4.50. The highest BCUT2D eigenvalue weighted by Gasteiger charge is 2.13. The number of aromatic hydroxyl groups is 2. The van der Waals surface area contributed by atoms with Crippen molar-refractivity contribution in [3.05, 3.63) is 23.8 Å². The maximum atomic E-state index is 11.7. The fourth-order valence-electron chi connectivity index (χ4n) is 1.53. The number of carbonyl (C=O) groups excluding carboxylic acids is 1. The minimum atomic E-state index is -0.864. The minimum absolute atomic E-state index is 0.00807. The zero-order valence-electron chi connectivity index (χ0n) is 10.6. The van der Waals surface area contributed by atoms with E-state index < -0.39 is 17.8 Å². The number of carbonyl (C=O) groups is 2. The molecule has 1 aromatic carbocycles. The molecular formula is C13H17NO5. The van der Waals surface area contributed by atoms with E-state index in [0.29, 0.717) is 19.4 Å². The molecule has 19 heavy (non-hydrogen) atoms. The summed E-state index contributed by atoms with van der Waals surface area (Å²) in [7, 11) is 0. The number of phenolic OH excluding ortho intramolecular Hbond substituents is 2. The summed E-state index contributed by atoms with van der Waals surface area (Å²) in [4.78, 5) is 22.3. The van der Waals surface area contributed by atoms with Crippen molar-refractivity contribution in [3.63, 3.8) is 0 Å². The lowest BCUT2D eigenvalue weighted by Crippen LogP contribution is -2.25. The summed E-state index contributed by atoms with van der Waals surface area (Å²) in [6, 6.07) is 3.68. The predicted octanol–water partition coefficient (Wildman–Crippen LogP) is 1.33. The Morgan fingerprint density at radius 2 is 2.00 bits per heavy atom. The van der Waals surface area contributed by atoms with Crippen LogP contribution in [-0.2, 0) is 4.79 Å². The smallest absolute Gasteiger partial charge is 0.306 e. The van der Waals surface area contributed by atoms with Crippen LogP contribution < -0.4 is 5.32 Å². The van der Waals surface area contributed by atoms with Crippen LogP contribution in [0.15, 0.2) is 18.2 Å². The van der Waals surface area contributed by atoms with Gasteiger partial charge in [-0.2, -0.15) is 0 Å². The van der Waals surface area contributed by atoms with Gasteiger partial charge in [-0.25, -0.2) is 0 Å². The average molecular weight is 267 g/mol. The van der Waals surface area contributed by atoms with E-state index in [-0.39, 0.29) is 17.1 Å². The summed E-state index contributed by atoms with van der Waals surface area (Å²) in [5.41, 5.74) is -0.00807. The van der Waals surface area contributed by atoms with Crippen molar-refractivity contribution in [2.45, 2.75) is 19.8 Å². The van der Waals surface area contributed by atoms with Crippen molar-refractivity contribution in [1.82, 2.24) is 5.32 Å². The molecule has 104 valence electrons. The number of amides is 1. The molecule has 0 aliphatic rings. The molecule has 0 aliphatic carbocycles. The molecule has 4 N–H and O–H groups in total. The number of carboxylic acids is 1. The largest absolute Gasteiger partial charge is 0.508 e. The Morgan fingerprint density at radius 1 is 1.32 bits per heavy atom. The van der Waals surface area contributed by atoms with Gasteiger partial charge in [0.15, 0.2) is 0 Å². The van der Waals surface area contributed by atoms with Gasteiger partial charge in [0.2, 0.25) is 0 Å². The van der Waals surface area contributed by atoms with Gasteiger partial charge in [-0.15, -0.1) is 0 Å². The third-order valence-electron chi connectivity index (χ3n) is 2.75. The van der Waals surface area contributed by atoms with Gasteiger partial charge in [-0.05, 0) is 31.0 Å². The zero-order valence-corrected chi connectivity index (χ0v) is 10.6. The first-order valence-corrected chi connectivity index (χ1v) is 5.94. The van der Waals surface area contributed by atoms with E-state index >= 15 is 0 Å². The maximum Gasteiger partial charge on any atom is 0.306 e. The molecule has 0 bridgehead atoms. The molecule has 6 heteroatoms. The highest BCUT2D eigenvalue weighted by Crippen LogP contribution is 2.21. The van der Waals surface area contributed by atoms with Crippen molar-refractivity contribution in [2.24, 2.45) is 5.92 Å². The first-order valence-electron chi connectivity index (χ1n) is 5.94. The van der Waals surface area contributed by atoms with Crippen LogP contribution in [-0.4, -0.2) is 33.7 Å². The molecule has 6 nitrogen and oxygen atoms in total. The number of hydrogen-bond donors (Lipinski definition) is 4. The minimum Gasteiger partial charge on any atom is -0.508 e. The highest BCUT2D eigenvalue weighted by atomic mass is 16.4. The lowest BCUT2D eigenvalue weighted by atomic mass is 10.1. The van der Waals surface area contributed by atoms with Crippen molar-refractivity contribution < 1.29 is 24.9 Å². The van der Waals surface area contributed by atoms with Crippen molar-refractivity contribution in [1.29, 1.82) is 0 Å². The standard InChI is InChI=1S/C13H17NO5/c1-8(13(18)19)3-2-6-14-12(17)10-7-9(15)4-5-11(10)16/h4-5,7-8,15-16H,2-3,6H2,1H3,(H,14,17)(H,18,19). The van der Waals surface area contributed by atoms with Crippen molar-refractivity contribution in [3.8, 4) is 11.5 Å². The Balaban J connectivity index is 2.43. The first kappa shape index (κ1) is 14.8. The molecule has 0 fully saturated rings. The zero-order chi connectivity index (χ0) is 14.4. The summed E-state index contributed by atoms with van der Waals surface area (Å²) < 4.78 is 0. The molecule has 0 heterocycles. The second-order valence-corrected chi connectivity index (χ2v) is 4.34. The van der Waals surface area contributed by atoms with Gasteiger partial charge in [0, 0.05) is 6.54 Å². The van der Waals surface area contributed by atoms with Gasteiger partial charge in [-0.1, -0.05) is 6.92 Å². The quantitative estimate of drug-likeness (QED) is 0.459. The summed E-state index contributed by atoms with van der Waals surface area (Å²) >= 11 is 0. The Kier molecular flexibility index (Phi) is 5.17. The van der Waals surface area contributed by atoms with E-state index in [4.69, 9.17) is 5.11 Å². The molecule has 1 aromatic rings. The second-order valence-electron chi connectivity index (χ2n) is 4.34. The number of nitrogens with one attached hydrogen (secondary N) is 1. The Labute approximate surface area is 110 Å². The molecule has 0 aromatic heterocycles. The van der Waals surface area contributed by atoms with Crippen LogP contribution in [0.2, 0.25) is 0 Å². The van der Waals surface area contributed by atoms with Crippen LogP contribution in [0.25, 0.3) is 0 Å². The molecular weight excluding hydrogens is 250 g/mol. The van der Waals surface area contributed by atoms with E-state index in [1.54, 1.807) is 6.92 Å². The van der Waals surface area contributed by atoms with E-state index in [1.807, 2.05) is 0 Å². The van der Waals surface area contributed by atoms with Gasteiger partial charge in [-0.3, -0.25) is 9.59 Å². The monoisotopic (exact) mass is 267 g/mol. The molecule has 1 atom stereocenters. The highest BCUT2D eigenvalue weighted by molar-refractivity contribution is 5.97. The first-order chi connectivity index (χ1) is 8.91. The van der Waals surface area contributed by atoms with Crippen LogP contribution in [0.5, 0.6) is 11.5 Å². The topological polar surface area (TPSA) is 107 Å². The SMILES string of the molecule is CC(CCCNC(=O)c1cc(O)ccc1O)C(=O)O. The fourth-order valence-corrected chi connectivity index (χ4v) is 1.53. The van der Waals surface area contributed by atoms with E-state index in [0.717, 1.165) is 0 Å². The Hall–Kier alpha value is -2.24. The lowest BCUT2D eigenvalue weighted by Gasteiger charge is -2.08. The summed E-state index contributed by atoms with van der Waals surface area (Å²) in [5.74, 6) is -2.14. The number of benzene rings is 1. The number of rotatable bonds is 6. The molecule has 1 unspecified atom stereocenters. The number of aliphatic carboxylic acids is 1. The molecule has 0 saturated heterocycles. The second kappa shape index (κ2) is 6.63. The van der Waals surface area contributed by atoms with E-state index in [9.17, 15) is 19.8 Å². The van der Waals surface area contributed by atoms with Crippen LogP contribution in [0.1, 0.15) is 30.1 Å². The van der Waals surface area contributed by atoms with Gasteiger partial charge in [0.25, 0.3) is 5.91 Å². The molecule has 1 amide bonds. The maximum absolute atomic E-state index is 11.7. The normalized spacial score (nSPS) is 11.8. The number of carboxylic acid groups (broad SMARTS) is 1. The lowest BCUT2D eigenvalue weighted by molar-refractivity contribution is -0.141. The predicted molar refractivity (Wildman–Crippen MR) is 68.1 cm³/mol. The van der Waals surface area contributed by atoms with Crippen LogP contribution in [0.3, 0.4) is 0 Å². The van der Waals surface area contributed by atoms with Gasteiger partial charge in [0.05, 0.1) is 11.5 Å². The summed E-state index contributed by atoms with van der Waals surface area (Å²) in [5, 5.41) is 30.0. The van der Waals surface area contributed by atoms with Crippen molar-refractivity contribution in [2.75, 3.05) is 6.54 Å². The van der Waals surface area contributed by atoms with Crippen LogP contribution >= 0.6 is 0 Å². The van der Waals surface area contributed by atoms with Crippen molar-refractivity contribution >= 4 is 11.9 Å². The molecule has 0 saturated carbocycles. The molecule has 0 aliphatic heterocycles. The third-order valence-corrected chi connectivity index (χ3v) is 2.75. The van der Waals surface area contributed by atoms with Gasteiger partial charge >= 0.3 is 5.97 Å². The molecule has 0 spiro atoms. The van der Waals surface area contributed by atoms with E-state index in [2.05, 4.69) is 5.32 Å². The van der Waals surface area contributed by atoms with Gasteiger partial charge in [0.1, 0.15) is 11.5 Å². The number of hydrogen-bond acceptors (Lipinski definition) is 4. The van der Waals surface area contributed by atoms with Crippen LogP contribution in [0, 0.1) is 5.92 Å². The Bertz CT molecular complexity index is 472. The fraction of sp³-hybridized carbons (Fsp3) is 0.385. The molecule has 1 rings (SSSR count). The Morgan fingerprint density at radius 3 is 2.63 bits per heavy atom. The number of phenols is 2. The van der Waals surface area contributed by atoms with Crippen LogP contribution in [0.4, 0.5) is 0 Å². The molecule has 0 radical (unpaired) electrons. The summed E-state index contributed by atoms with van der Waals surface area (Å²) in [6.07, 6.45) is 0.987. The average Bonchev–Trinajstić information content (AvgIpc) is 2.36. The van der Waals surface area contributed by atoms with Gasteiger partial charge < -0.3 is 20.6 Å².